The average molecular weight is 407 g/mol. The topological polar surface area (TPSA) is 64.1 Å². The summed E-state index contributed by atoms with van der Waals surface area (Å²) in [6.07, 6.45) is -0.783. The Hall–Kier alpha value is -2.52. The number of rotatable bonds is 7. The van der Waals surface area contributed by atoms with Crippen LogP contribution in [0.2, 0.25) is 0 Å². The third-order valence-electron chi connectivity index (χ3n) is 3.41. The Morgan fingerprint density at radius 3 is 2.41 bits per heavy atom. The van der Waals surface area contributed by atoms with Gasteiger partial charge in [0.1, 0.15) is 17.4 Å². The van der Waals surface area contributed by atoms with Gasteiger partial charge in [-0.25, -0.2) is 8.78 Å². The second-order valence-corrected chi connectivity index (χ2v) is 7.69. The van der Waals surface area contributed by atoms with Gasteiger partial charge in [0.05, 0.1) is 0 Å². The monoisotopic (exact) mass is 407 g/mol. The van der Waals surface area contributed by atoms with Crippen molar-refractivity contribution < 1.29 is 18.3 Å². The third-order valence-corrected chi connectivity index (χ3v) is 5.45. The third kappa shape index (κ3) is 5.73. The molecule has 1 amide bonds. The van der Waals surface area contributed by atoms with Crippen LogP contribution in [0.5, 0.6) is 5.75 Å². The van der Waals surface area contributed by atoms with Gasteiger partial charge in [-0.05, 0) is 48.9 Å². The van der Waals surface area contributed by atoms with Crippen LogP contribution in [0.25, 0.3) is 0 Å². The summed E-state index contributed by atoms with van der Waals surface area (Å²) in [5.41, 5.74) is 0.962. The molecular formula is C18H15F2N3O2S2. The number of nitrogens with one attached hydrogen (secondary N) is 1. The summed E-state index contributed by atoms with van der Waals surface area (Å²) in [4.78, 5) is 12.2. The molecule has 0 fully saturated rings. The van der Waals surface area contributed by atoms with Gasteiger partial charge in [-0.2, -0.15) is 0 Å². The summed E-state index contributed by atoms with van der Waals surface area (Å²) in [6.45, 7) is 1.59. The molecule has 140 valence electrons. The van der Waals surface area contributed by atoms with Crippen molar-refractivity contribution in [3.05, 3.63) is 65.7 Å². The van der Waals surface area contributed by atoms with E-state index in [0.29, 0.717) is 21.0 Å². The molecule has 1 N–H and O–H groups in total. The predicted molar refractivity (Wildman–Crippen MR) is 101 cm³/mol. The van der Waals surface area contributed by atoms with Gasteiger partial charge < -0.3 is 4.74 Å². The van der Waals surface area contributed by atoms with Gasteiger partial charge in [0, 0.05) is 5.75 Å². The van der Waals surface area contributed by atoms with E-state index in [1.807, 2.05) is 0 Å². The van der Waals surface area contributed by atoms with E-state index in [1.54, 1.807) is 19.1 Å². The molecule has 9 heteroatoms. The normalized spacial score (nSPS) is 11.8. The molecule has 0 aliphatic heterocycles. The molecule has 0 saturated carbocycles. The molecule has 5 nitrogen and oxygen atoms in total. The maximum atomic E-state index is 12.9. The Labute approximate surface area is 162 Å². The van der Waals surface area contributed by atoms with E-state index in [1.165, 1.54) is 59.5 Å². The van der Waals surface area contributed by atoms with Crippen molar-refractivity contribution in [2.45, 2.75) is 23.1 Å². The first-order chi connectivity index (χ1) is 13.0. The number of amides is 1. The number of carbonyl (C=O) groups is 1. The fourth-order valence-electron chi connectivity index (χ4n) is 2.02. The lowest BCUT2D eigenvalue weighted by molar-refractivity contribution is -0.122. The second kappa shape index (κ2) is 8.92. The van der Waals surface area contributed by atoms with Crippen LogP contribution in [0, 0.1) is 11.6 Å². The predicted octanol–water partition coefficient (Wildman–Crippen LogP) is 4.51. The zero-order valence-corrected chi connectivity index (χ0v) is 15.8. The smallest absolute Gasteiger partial charge is 0.266 e. The molecule has 1 aromatic heterocycles. The molecule has 0 saturated heterocycles. The molecule has 1 atom stereocenters. The minimum atomic E-state index is -0.783. The maximum absolute atomic E-state index is 12.9. The first-order valence-corrected chi connectivity index (χ1v) is 9.73. The summed E-state index contributed by atoms with van der Waals surface area (Å²) >= 11 is 2.68. The Morgan fingerprint density at radius 1 is 1.11 bits per heavy atom. The zero-order chi connectivity index (χ0) is 19.2. The number of benzene rings is 2. The Bertz CT molecular complexity index is 902. The van der Waals surface area contributed by atoms with Crippen molar-refractivity contribution in [2.24, 2.45) is 0 Å². The highest BCUT2D eigenvalue weighted by atomic mass is 32.2. The van der Waals surface area contributed by atoms with Crippen molar-refractivity contribution in [2.75, 3.05) is 5.32 Å². The van der Waals surface area contributed by atoms with Gasteiger partial charge in [0.25, 0.3) is 5.91 Å². The average Bonchev–Trinajstić information content (AvgIpc) is 3.10. The number of hydrogen-bond acceptors (Lipinski definition) is 6. The molecular weight excluding hydrogens is 392 g/mol. The lowest BCUT2D eigenvalue weighted by Gasteiger charge is -2.13. The van der Waals surface area contributed by atoms with Crippen LogP contribution in [0.3, 0.4) is 0 Å². The van der Waals surface area contributed by atoms with Crippen LogP contribution >= 0.6 is 23.1 Å². The van der Waals surface area contributed by atoms with E-state index in [4.69, 9.17) is 4.74 Å². The second-order valence-electron chi connectivity index (χ2n) is 5.49. The molecule has 1 unspecified atom stereocenters. The Kier molecular flexibility index (Phi) is 6.36. The van der Waals surface area contributed by atoms with Crippen LogP contribution in [-0.4, -0.2) is 22.2 Å². The van der Waals surface area contributed by atoms with Crippen molar-refractivity contribution in [1.29, 1.82) is 0 Å². The Balaban J connectivity index is 1.50. The fourth-order valence-corrected chi connectivity index (χ4v) is 3.73. The van der Waals surface area contributed by atoms with Crippen LogP contribution in [-0.2, 0) is 10.5 Å². The number of aromatic nitrogens is 2. The molecule has 3 rings (SSSR count). The summed E-state index contributed by atoms with van der Waals surface area (Å²) < 4.78 is 31.9. The first kappa shape index (κ1) is 19.2. The number of anilines is 1. The van der Waals surface area contributed by atoms with Crippen LogP contribution in [0.4, 0.5) is 13.9 Å². The molecule has 27 heavy (non-hydrogen) atoms. The molecule has 1 heterocycles. The summed E-state index contributed by atoms with van der Waals surface area (Å²) in [7, 11) is 0. The molecule has 0 aliphatic carbocycles. The number of hydrogen-bond donors (Lipinski definition) is 1. The number of thioether (sulfide) groups is 1. The standard InChI is InChI=1S/C18H15F2N3O2S2/c1-11(25-15-8-6-14(20)7-9-15)16(24)21-17-22-23-18(27-17)26-10-12-2-4-13(19)5-3-12/h2-9,11H,10H2,1H3,(H,21,22,24). The first-order valence-electron chi connectivity index (χ1n) is 7.93. The van der Waals surface area contributed by atoms with Crippen LogP contribution in [0.15, 0.2) is 52.9 Å². The van der Waals surface area contributed by atoms with E-state index in [9.17, 15) is 13.6 Å². The lowest BCUT2D eigenvalue weighted by Crippen LogP contribution is -2.30. The van der Waals surface area contributed by atoms with Gasteiger partial charge in [-0.15, -0.1) is 10.2 Å². The van der Waals surface area contributed by atoms with Gasteiger partial charge in [0.15, 0.2) is 10.4 Å². The highest BCUT2D eigenvalue weighted by molar-refractivity contribution is 8.00. The van der Waals surface area contributed by atoms with E-state index >= 15 is 0 Å². The molecule has 2 aromatic carbocycles. The van der Waals surface area contributed by atoms with Gasteiger partial charge in [-0.1, -0.05) is 35.2 Å². The van der Waals surface area contributed by atoms with Crippen molar-refractivity contribution in [1.82, 2.24) is 10.2 Å². The minimum absolute atomic E-state index is 0.276. The fraction of sp³-hybridized carbons (Fsp3) is 0.167. The van der Waals surface area contributed by atoms with E-state index in [0.717, 1.165) is 5.56 Å². The number of ether oxygens (including phenoxy) is 1. The zero-order valence-electron chi connectivity index (χ0n) is 14.2. The summed E-state index contributed by atoms with van der Waals surface area (Å²) in [5, 5.41) is 11.0. The molecule has 0 bridgehead atoms. The summed E-state index contributed by atoms with van der Waals surface area (Å²) in [5.74, 6) is -0.0227. The molecule has 0 radical (unpaired) electrons. The molecule has 0 spiro atoms. The largest absolute Gasteiger partial charge is 0.481 e. The van der Waals surface area contributed by atoms with Crippen molar-refractivity contribution in [3.63, 3.8) is 0 Å². The van der Waals surface area contributed by atoms with Gasteiger partial charge in [-0.3, -0.25) is 10.1 Å². The van der Waals surface area contributed by atoms with Crippen molar-refractivity contribution >= 4 is 34.1 Å². The van der Waals surface area contributed by atoms with Crippen molar-refractivity contribution in [3.8, 4) is 5.75 Å². The quantitative estimate of drug-likeness (QED) is 0.461. The van der Waals surface area contributed by atoms with Gasteiger partial charge in [0.2, 0.25) is 5.13 Å². The maximum Gasteiger partial charge on any atom is 0.266 e. The van der Waals surface area contributed by atoms with E-state index in [-0.39, 0.29) is 17.5 Å². The van der Waals surface area contributed by atoms with Crippen LogP contribution < -0.4 is 10.1 Å². The van der Waals surface area contributed by atoms with E-state index < -0.39 is 6.10 Å². The number of carbonyl (C=O) groups excluding carboxylic acids is 1. The minimum Gasteiger partial charge on any atom is -0.481 e. The highest BCUT2D eigenvalue weighted by Gasteiger charge is 2.17. The highest BCUT2D eigenvalue weighted by Crippen LogP contribution is 2.28. The van der Waals surface area contributed by atoms with E-state index in [2.05, 4.69) is 15.5 Å². The van der Waals surface area contributed by atoms with Crippen LogP contribution in [0.1, 0.15) is 12.5 Å². The lowest BCUT2D eigenvalue weighted by atomic mass is 10.2. The molecule has 0 aliphatic rings. The van der Waals surface area contributed by atoms with Gasteiger partial charge >= 0.3 is 0 Å². The number of nitrogens with zero attached hydrogens (tertiary/aromatic N) is 2. The number of halogens is 2. The Morgan fingerprint density at radius 2 is 1.74 bits per heavy atom. The summed E-state index contributed by atoms with van der Waals surface area (Å²) in [6, 6.07) is 11.7. The molecule has 3 aromatic rings. The SMILES string of the molecule is CC(Oc1ccc(F)cc1)C(=O)Nc1nnc(SCc2ccc(F)cc2)s1.